The summed E-state index contributed by atoms with van der Waals surface area (Å²) in [6, 6.07) is 11.9. The lowest BCUT2D eigenvalue weighted by molar-refractivity contribution is -0.107. The van der Waals surface area contributed by atoms with E-state index in [4.69, 9.17) is 0 Å². The molecule has 1 heterocycles. The summed E-state index contributed by atoms with van der Waals surface area (Å²) in [6.45, 7) is 1.81. The van der Waals surface area contributed by atoms with Gasteiger partial charge >= 0.3 is 0 Å². The summed E-state index contributed by atoms with van der Waals surface area (Å²) in [5.41, 5.74) is 2.71. The van der Waals surface area contributed by atoms with Gasteiger partial charge in [0.25, 0.3) is 5.91 Å². The fourth-order valence-corrected chi connectivity index (χ4v) is 3.06. The molecule has 0 aliphatic carbocycles. The SMILES string of the molecule is Cc1c(CC=O)c2cc(O)ccc2n1C(=O)c1ccc(Br)cc1. The summed E-state index contributed by atoms with van der Waals surface area (Å²) in [4.78, 5) is 23.9. The number of aromatic nitrogens is 1. The Morgan fingerprint density at radius 2 is 1.91 bits per heavy atom. The zero-order valence-electron chi connectivity index (χ0n) is 12.4. The van der Waals surface area contributed by atoms with Crippen LogP contribution in [0.2, 0.25) is 0 Å². The van der Waals surface area contributed by atoms with Crippen LogP contribution < -0.4 is 0 Å². The lowest BCUT2D eigenvalue weighted by Gasteiger charge is -2.07. The van der Waals surface area contributed by atoms with Crippen molar-refractivity contribution >= 4 is 39.0 Å². The molecule has 0 unspecified atom stereocenters. The number of hydrogen-bond acceptors (Lipinski definition) is 3. The van der Waals surface area contributed by atoms with Gasteiger partial charge in [-0.3, -0.25) is 9.36 Å². The Morgan fingerprint density at radius 1 is 1.22 bits per heavy atom. The summed E-state index contributed by atoms with van der Waals surface area (Å²) in [5.74, 6) is -0.0549. The molecule has 0 aliphatic rings. The summed E-state index contributed by atoms with van der Waals surface area (Å²) < 4.78 is 2.49. The molecule has 4 nitrogen and oxygen atoms in total. The summed E-state index contributed by atoms with van der Waals surface area (Å²) in [7, 11) is 0. The standard InChI is InChI=1S/C18H14BrNO3/c1-11-15(8-9-21)16-10-14(22)6-7-17(16)20(11)18(23)12-2-4-13(19)5-3-12/h2-7,9-10,22H,8H2,1H3. The molecule has 0 aliphatic heterocycles. The molecule has 1 aromatic heterocycles. The third kappa shape index (κ3) is 2.68. The summed E-state index contributed by atoms with van der Waals surface area (Å²) in [6.07, 6.45) is 1.01. The molecule has 0 saturated heterocycles. The predicted molar refractivity (Wildman–Crippen MR) is 92.0 cm³/mol. The fourth-order valence-electron chi connectivity index (χ4n) is 2.80. The number of nitrogens with zero attached hydrogens (tertiary/aromatic N) is 1. The molecule has 2 aromatic carbocycles. The van der Waals surface area contributed by atoms with E-state index >= 15 is 0 Å². The summed E-state index contributed by atoms with van der Waals surface area (Å²) in [5, 5.41) is 10.4. The van der Waals surface area contributed by atoms with E-state index in [2.05, 4.69) is 15.9 Å². The van der Waals surface area contributed by atoms with Gasteiger partial charge in [-0.2, -0.15) is 0 Å². The van der Waals surface area contributed by atoms with Crippen molar-refractivity contribution in [3.8, 4) is 5.75 Å². The molecule has 3 aromatic rings. The average Bonchev–Trinajstić information content (AvgIpc) is 2.80. The highest BCUT2D eigenvalue weighted by Gasteiger charge is 2.19. The minimum atomic E-state index is -0.164. The molecule has 0 fully saturated rings. The van der Waals surface area contributed by atoms with Crippen LogP contribution in [0.1, 0.15) is 21.6 Å². The van der Waals surface area contributed by atoms with E-state index in [9.17, 15) is 14.7 Å². The van der Waals surface area contributed by atoms with E-state index in [1.807, 2.05) is 19.1 Å². The number of carbonyl (C=O) groups is 2. The molecule has 3 rings (SSSR count). The van der Waals surface area contributed by atoms with Gasteiger partial charge in [-0.15, -0.1) is 0 Å². The van der Waals surface area contributed by atoms with Crippen molar-refractivity contribution in [3.05, 3.63) is 63.8 Å². The fraction of sp³-hybridized carbons (Fsp3) is 0.111. The van der Waals surface area contributed by atoms with Gasteiger partial charge in [-0.1, -0.05) is 15.9 Å². The zero-order chi connectivity index (χ0) is 16.6. The highest BCUT2D eigenvalue weighted by Crippen LogP contribution is 2.30. The Labute approximate surface area is 141 Å². The molecule has 0 amide bonds. The Morgan fingerprint density at radius 3 is 2.57 bits per heavy atom. The highest BCUT2D eigenvalue weighted by atomic mass is 79.9. The first-order valence-electron chi connectivity index (χ1n) is 7.09. The Hall–Kier alpha value is -2.40. The monoisotopic (exact) mass is 371 g/mol. The minimum Gasteiger partial charge on any atom is -0.508 e. The summed E-state index contributed by atoms with van der Waals surface area (Å²) >= 11 is 3.35. The Kier molecular flexibility index (Phi) is 4.05. The van der Waals surface area contributed by atoms with E-state index in [0.717, 1.165) is 21.7 Å². The van der Waals surface area contributed by atoms with Crippen molar-refractivity contribution in [2.45, 2.75) is 13.3 Å². The van der Waals surface area contributed by atoms with Crippen LogP contribution >= 0.6 is 15.9 Å². The number of carbonyl (C=O) groups excluding carboxylic acids is 2. The smallest absolute Gasteiger partial charge is 0.262 e. The lowest BCUT2D eigenvalue weighted by atomic mass is 10.1. The first kappa shape index (κ1) is 15.5. The maximum Gasteiger partial charge on any atom is 0.262 e. The average molecular weight is 372 g/mol. The second kappa shape index (κ2) is 6.01. The normalized spacial score (nSPS) is 10.9. The van der Waals surface area contributed by atoms with Gasteiger partial charge in [-0.25, -0.2) is 0 Å². The van der Waals surface area contributed by atoms with Crippen molar-refractivity contribution in [1.29, 1.82) is 0 Å². The molecular formula is C18H14BrNO3. The zero-order valence-corrected chi connectivity index (χ0v) is 14.0. The van der Waals surface area contributed by atoms with Crippen LogP contribution in [0.15, 0.2) is 46.9 Å². The lowest BCUT2D eigenvalue weighted by Crippen LogP contribution is -2.13. The number of phenolic OH excluding ortho intramolecular Hbond substituents is 1. The maximum absolute atomic E-state index is 12.9. The quantitative estimate of drug-likeness (QED) is 0.711. The van der Waals surface area contributed by atoms with Crippen LogP contribution in [0.25, 0.3) is 10.9 Å². The van der Waals surface area contributed by atoms with Crippen LogP contribution in [0.4, 0.5) is 0 Å². The van der Waals surface area contributed by atoms with E-state index in [-0.39, 0.29) is 18.1 Å². The maximum atomic E-state index is 12.9. The molecule has 0 saturated carbocycles. The second-order valence-electron chi connectivity index (χ2n) is 5.28. The van der Waals surface area contributed by atoms with Crippen LogP contribution in [-0.4, -0.2) is 21.9 Å². The number of aromatic hydroxyl groups is 1. The number of aldehydes is 1. The molecule has 0 bridgehead atoms. The van der Waals surface area contributed by atoms with Crippen molar-refractivity contribution in [1.82, 2.24) is 4.57 Å². The third-order valence-electron chi connectivity index (χ3n) is 3.90. The Balaban J connectivity index is 2.24. The minimum absolute atomic E-state index is 0.109. The van der Waals surface area contributed by atoms with Gasteiger partial charge in [0, 0.05) is 27.5 Å². The molecule has 5 heteroatoms. The van der Waals surface area contributed by atoms with Crippen LogP contribution in [0.5, 0.6) is 5.75 Å². The molecule has 116 valence electrons. The number of rotatable bonds is 3. The third-order valence-corrected chi connectivity index (χ3v) is 4.43. The number of benzene rings is 2. The first-order valence-corrected chi connectivity index (χ1v) is 7.89. The molecule has 1 N–H and O–H groups in total. The van der Waals surface area contributed by atoms with E-state index in [1.54, 1.807) is 28.8 Å². The van der Waals surface area contributed by atoms with Crippen LogP contribution in [0.3, 0.4) is 0 Å². The molecule has 0 atom stereocenters. The number of halogens is 1. The van der Waals surface area contributed by atoms with Crippen LogP contribution in [0, 0.1) is 6.92 Å². The topological polar surface area (TPSA) is 59.3 Å². The number of phenols is 1. The first-order chi connectivity index (χ1) is 11.0. The van der Waals surface area contributed by atoms with Crippen molar-refractivity contribution in [3.63, 3.8) is 0 Å². The van der Waals surface area contributed by atoms with Gasteiger partial charge < -0.3 is 9.90 Å². The largest absolute Gasteiger partial charge is 0.508 e. The predicted octanol–water partition coefficient (Wildman–Crippen LogP) is 3.85. The van der Waals surface area contributed by atoms with Gasteiger partial charge in [-0.05, 0) is 55.0 Å². The number of hydrogen-bond donors (Lipinski definition) is 1. The van der Waals surface area contributed by atoms with Gasteiger partial charge in [0.2, 0.25) is 0 Å². The van der Waals surface area contributed by atoms with Crippen molar-refractivity contribution in [2.24, 2.45) is 0 Å². The number of fused-ring (bicyclic) bond motifs is 1. The van der Waals surface area contributed by atoms with E-state index in [0.29, 0.717) is 16.8 Å². The molecular weight excluding hydrogens is 358 g/mol. The highest BCUT2D eigenvalue weighted by molar-refractivity contribution is 9.10. The van der Waals surface area contributed by atoms with E-state index in [1.165, 1.54) is 6.07 Å². The van der Waals surface area contributed by atoms with Gasteiger partial charge in [0.05, 0.1) is 5.52 Å². The molecule has 0 spiro atoms. The Bertz CT molecular complexity index is 910. The van der Waals surface area contributed by atoms with Gasteiger partial charge in [0.15, 0.2) is 0 Å². The molecule has 0 radical (unpaired) electrons. The van der Waals surface area contributed by atoms with Crippen molar-refractivity contribution < 1.29 is 14.7 Å². The van der Waals surface area contributed by atoms with Crippen LogP contribution in [-0.2, 0) is 11.2 Å². The van der Waals surface area contributed by atoms with Crippen molar-refractivity contribution in [2.75, 3.05) is 0 Å². The van der Waals surface area contributed by atoms with Gasteiger partial charge in [0.1, 0.15) is 12.0 Å². The second-order valence-corrected chi connectivity index (χ2v) is 6.20. The molecule has 23 heavy (non-hydrogen) atoms. The van der Waals surface area contributed by atoms with E-state index < -0.39 is 0 Å².